The Morgan fingerprint density at radius 2 is 2.12 bits per heavy atom. The van der Waals surface area contributed by atoms with Crippen LogP contribution in [0.2, 0.25) is 0 Å². The van der Waals surface area contributed by atoms with Crippen LogP contribution in [-0.4, -0.2) is 41.1 Å². The maximum Gasteiger partial charge on any atom is 0.329 e. The van der Waals surface area contributed by atoms with Crippen molar-refractivity contribution < 1.29 is 4.92 Å². The van der Waals surface area contributed by atoms with Crippen LogP contribution < -0.4 is 5.32 Å². The summed E-state index contributed by atoms with van der Waals surface area (Å²) < 4.78 is 1.64. The van der Waals surface area contributed by atoms with Crippen molar-refractivity contribution in [2.24, 2.45) is 0 Å². The lowest BCUT2D eigenvalue weighted by molar-refractivity contribution is -0.384. The maximum absolute atomic E-state index is 11.2. The normalized spacial score (nSPS) is 13.5. The molecule has 0 spiro atoms. The predicted octanol–water partition coefficient (Wildman–Crippen LogP) is 2.15. The van der Waals surface area contributed by atoms with Gasteiger partial charge in [-0.15, -0.1) is 5.10 Å². The Hall–Kier alpha value is -3.08. The van der Waals surface area contributed by atoms with Crippen LogP contribution in [0.25, 0.3) is 0 Å². The van der Waals surface area contributed by atoms with Gasteiger partial charge in [0.25, 0.3) is 0 Å². The van der Waals surface area contributed by atoms with Crippen molar-refractivity contribution >= 4 is 23.3 Å². The van der Waals surface area contributed by atoms with Crippen LogP contribution in [0.4, 0.5) is 11.5 Å². The Kier molecular flexibility index (Phi) is 4.44. The largest absolute Gasteiger partial charge is 0.361 e. The van der Waals surface area contributed by atoms with Gasteiger partial charge >= 0.3 is 5.69 Å². The minimum absolute atomic E-state index is 0.134. The summed E-state index contributed by atoms with van der Waals surface area (Å²) in [4.78, 5) is 19.0. The highest BCUT2D eigenvalue weighted by Crippen LogP contribution is 2.31. The molecule has 0 bridgehead atoms. The average molecular weight is 370 g/mol. The van der Waals surface area contributed by atoms with E-state index in [1.165, 1.54) is 6.20 Å². The third-order valence-corrected chi connectivity index (χ3v) is 4.57. The lowest BCUT2D eigenvalue weighted by Gasteiger charge is -2.06. The first-order chi connectivity index (χ1) is 12.7. The first-order valence-corrected chi connectivity index (χ1v) is 8.76. The number of nitro groups is 1. The second-order valence-corrected chi connectivity index (χ2v) is 6.70. The number of tetrazole rings is 1. The quantitative estimate of drug-likeness (QED) is 0.378. The second-order valence-electron chi connectivity index (χ2n) is 5.77. The highest BCUT2D eigenvalue weighted by molar-refractivity contribution is 7.99. The summed E-state index contributed by atoms with van der Waals surface area (Å²) in [5.74, 6) is 0.233. The van der Waals surface area contributed by atoms with E-state index in [-0.39, 0.29) is 17.5 Å². The van der Waals surface area contributed by atoms with E-state index in [1.807, 2.05) is 30.3 Å². The minimum atomic E-state index is -0.487. The first kappa shape index (κ1) is 16.4. The Labute approximate surface area is 152 Å². The molecule has 11 heteroatoms. The Morgan fingerprint density at radius 3 is 2.85 bits per heavy atom. The molecular formula is C15H14N8O2S. The highest BCUT2D eigenvalue weighted by atomic mass is 32.2. The fourth-order valence-corrected chi connectivity index (χ4v) is 2.97. The third kappa shape index (κ3) is 3.77. The second kappa shape index (κ2) is 7.04. The standard InChI is InChI=1S/C15H14N8O2S/c24-23(25)12-8-16-14(18-13(12)17-11-6-7-11)26-15-19-20-21-22(15)9-10-4-2-1-3-5-10/h1-5,8,11H,6-7,9H2,(H,16,17,18). The Balaban J connectivity index is 1.56. The molecule has 0 amide bonds. The Bertz CT molecular complexity index is 928. The van der Waals surface area contributed by atoms with E-state index in [4.69, 9.17) is 0 Å². The summed E-state index contributed by atoms with van der Waals surface area (Å²) in [6.07, 6.45) is 3.18. The van der Waals surface area contributed by atoms with Crippen molar-refractivity contribution in [3.05, 3.63) is 52.2 Å². The van der Waals surface area contributed by atoms with Crippen LogP contribution in [-0.2, 0) is 6.54 Å². The third-order valence-electron chi connectivity index (χ3n) is 3.72. The van der Waals surface area contributed by atoms with E-state index in [1.54, 1.807) is 4.68 Å². The van der Waals surface area contributed by atoms with Crippen LogP contribution in [0.5, 0.6) is 0 Å². The minimum Gasteiger partial charge on any atom is -0.361 e. The van der Waals surface area contributed by atoms with Crippen molar-refractivity contribution in [1.82, 2.24) is 30.2 Å². The van der Waals surface area contributed by atoms with Crippen molar-refractivity contribution in [2.75, 3.05) is 5.32 Å². The average Bonchev–Trinajstić information content (AvgIpc) is 3.35. The molecule has 3 aromatic rings. The number of hydrogen-bond donors (Lipinski definition) is 1. The monoisotopic (exact) mass is 370 g/mol. The van der Waals surface area contributed by atoms with Gasteiger partial charge in [0.15, 0.2) is 5.16 Å². The summed E-state index contributed by atoms with van der Waals surface area (Å²) >= 11 is 1.16. The zero-order chi connectivity index (χ0) is 17.9. The molecule has 1 aromatic carbocycles. The number of aromatic nitrogens is 6. The van der Waals surface area contributed by atoms with Crippen molar-refractivity contribution in [1.29, 1.82) is 0 Å². The summed E-state index contributed by atoms with van der Waals surface area (Å²) in [7, 11) is 0. The molecule has 0 saturated heterocycles. The molecule has 1 saturated carbocycles. The Morgan fingerprint density at radius 1 is 1.31 bits per heavy atom. The molecule has 1 fully saturated rings. The molecule has 2 aromatic heterocycles. The molecule has 132 valence electrons. The fraction of sp³-hybridized carbons (Fsp3) is 0.267. The van der Waals surface area contributed by atoms with E-state index in [0.717, 1.165) is 30.2 Å². The number of anilines is 1. The summed E-state index contributed by atoms with van der Waals surface area (Å²) in [6.45, 7) is 0.510. The van der Waals surface area contributed by atoms with Gasteiger partial charge in [0.1, 0.15) is 6.20 Å². The fourth-order valence-electron chi connectivity index (χ4n) is 2.28. The molecule has 0 aliphatic heterocycles. The maximum atomic E-state index is 11.2. The number of benzene rings is 1. The van der Waals surface area contributed by atoms with Crippen LogP contribution in [0.15, 0.2) is 46.8 Å². The number of nitrogens with zero attached hydrogens (tertiary/aromatic N) is 7. The summed E-state index contributed by atoms with van der Waals surface area (Å²) in [6, 6.07) is 10.0. The topological polar surface area (TPSA) is 125 Å². The van der Waals surface area contributed by atoms with E-state index in [9.17, 15) is 10.1 Å². The number of hydrogen-bond acceptors (Lipinski definition) is 9. The van der Waals surface area contributed by atoms with Gasteiger partial charge in [-0.05, 0) is 40.6 Å². The highest BCUT2D eigenvalue weighted by Gasteiger charge is 2.27. The van der Waals surface area contributed by atoms with E-state index >= 15 is 0 Å². The molecule has 0 unspecified atom stereocenters. The zero-order valence-corrected chi connectivity index (χ0v) is 14.3. The van der Waals surface area contributed by atoms with Gasteiger partial charge in [-0.1, -0.05) is 30.3 Å². The zero-order valence-electron chi connectivity index (χ0n) is 13.5. The number of rotatable bonds is 7. The van der Waals surface area contributed by atoms with Gasteiger partial charge in [0.2, 0.25) is 11.0 Å². The molecule has 1 N–H and O–H groups in total. The van der Waals surface area contributed by atoms with Crippen molar-refractivity contribution in [3.63, 3.8) is 0 Å². The molecule has 4 rings (SSSR count). The molecule has 1 aliphatic rings. The summed E-state index contributed by atoms with van der Waals surface area (Å²) in [5.41, 5.74) is 0.924. The van der Waals surface area contributed by atoms with Gasteiger partial charge in [0, 0.05) is 6.04 Å². The van der Waals surface area contributed by atoms with Crippen LogP contribution in [0, 0.1) is 10.1 Å². The van der Waals surface area contributed by atoms with Gasteiger partial charge in [0.05, 0.1) is 11.5 Å². The van der Waals surface area contributed by atoms with Gasteiger partial charge in [-0.25, -0.2) is 9.67 Å². The lowest BCUT2D eigenvalue weighted by Crippen LogP contribution is -2.08. The predicted molar refractivity (Wildman–Crippen MR) is 92.8 cm³/mol. The van der Waals surface area contributed by atoms with Gasteiger partial charge < -0.3 is 5.32 Å². The molecule has 2 heterocycles. The molecule has 0 radical (unpaired) electrons. The van der Waals surface area contributed by atoms with Crippen LogP contribution in [0.1, 0.15) is 18.4 Å². The smallest absolute Gasteiger partial charge is 0.329 e. The van der Waals surface area contributed by atoms with E-state index in [0.29, 0.717) is 16.9 Å². The SMILES string of the molecule is O=[N+]([O-])c1cnc(Sc2nnnn2Cc2ccccc2)nc1NC1CC1. The van der Waals surface area contributed by atoms with Crippen molar-refractivity contribution in [3.8, 4) is 0 Å². The molecule has 26 heavy (non-hydrogen) atoms. The van der Waals surface area contributed by atoms with Gasteiger partial charge in [-0.2, -0.15) is 4.98 Å². The van der Waals surface area contributed by atoms with E-state index < -0.39 is 4.92 Å². The molecule has 0 atom stereocenters. The van der Waals surface area contributed by atoms with Gasteiger partial charge in [-0.3, -0.25) is 10.1 Å². The lowest BCUT2D eigenvalue weighted by atomic mass is 10.2. The molecule has 10 nitrogen and oxygen atoms in total. The molecule has 1 aliphatic carbocycles. The molecular weight excluding hydrogens is 356 g/mol. The van der Waals surface area contributed by atoms with Crippen LogP contribution >= 0.6 is 11.8 Å². The van der Waals surface area contributed by atoms with Crippen molar-refractivity contribution in [2.45, 2.75) is 35.7 Å². The first-order valence-electron chi connectivity index (χ1n) is 7.95. The summed E-state index contributed by atoms with van der Waals surface area (Å²) in [5, 5.41) is 26.8. The van der Waals surface area contributed by atoms with Crippen LogP contribution in [0.3, 0.4) is 0 Å². The van der Waals surface area contributed by atoms with E-state index in [2.05, 4.69) is 30.8 Å². The number of nitrogens with one attached hydrogen (secondary N) is 1.